The van der Waals surface area contributed by atoms with Crippen molar-refractivity contribution in [3.8, 4) is 5.75 Å². The highest BCUT2D eigenvalue weighted by atomic mass is 35.5. The van der Waals surface area contributed by atoms with Gasteiger partial charge in [0.1, 0.15) is 21.9 Å². The maximum Gasteiger partial charge on any atom is 0.349 e. The van der Waals surface area contributed by atoms with Gasteiger partial charge in [0.15, 0.2) is 0 Å². The van der Waals surface area contributed by atoms with Gasteiger partial charge in [-0.25, -0.2) is 4.79 Å². The summed E-state index contributed by atoms with van der Waals surface area (Å²) in [6.07, 6.45) is 0.816. The summed E-state index contributed by atoms with van der Waals surface area (Å²) in [7, 11) is 0. The molecule has 3 rings (SSSR count). The number of rotatable bonds is 6. The topological polar surface area (TPSA) is 141 Å². The lowest BCUT2D eigenvalue weighted by Crippen LogP contribution is -2.43. The summed E-state index contributed by atoms with van der Waals surface area (Å²) in [6, 6.07) is 9.57. The predicted molar refractivity (Wildman–Crippen MR) is 111 cm³/mol. The molecule has 1 aromatic heterocycles. The molecule has 2 amide bonds. The molecule has 0 atom stereocenters. The van der Waals surface area contributed by atoms with Crippen LogP contribution >= 0.6 is 11.6 Å². The summed E-state index contributed by atoms with van der Waals surface area (Å²) in [5, 5.41) is 11.3. The molecule has 0 unspecified atom stereocenters. The minimum Gasteiger partial charge on any atom is -0.493 e. The molecule has 2 aromatic carbocycles. The second-order valence-electron chi connectivity index (χ2n) is 6.33. The summed E-state index contributed by atoms with van der Waals surface area (Å²) in [5.41, 5.74) is 2.59. The Labute approximate surface area is 179 Å². The highest BCUT2D eigenvalue weighted by Gasteiger charge is 2.18. The quantitative estimate of drug-likeness (QED) is 0.337. The fraction of sp³-hybridized carbons (Fsp3) is 0.150. The first-order valence-electron chi connectivity index (χ1n) is 9.05. The fourth-order valence-electron chi connectivity index (χ4n) is 2.61. The number of hydrogen-bond acceptors (Lipinski definition) is 7. The third-order valence-corrected chi connectivity index (χ3v) is 4.44. The van der Waals surface area contributed by atoms with Crippen LogP contribution in [0, 0.1) is 10.1 Å². The number of nitrogens with one attached hydrogen (secondary N) is 2. The molecule has 160 valence electrons. The smallest absolute Gasteiger partial charge is 0.349 e. The molecule has 10 nitrogen and oxygen atoms in total. The molecule has 1 heterocycles. The zero-order valence-corrected chi connectivity index (χ0v) is 16.9. The molecule has 0 aliphatic heterocycles. The summed E-state index contributed by atoms with van der Waals surface area (Å²) in [6.45, 7) is 2.46. The van der Waals surface area contributed by atoms with Crippen LogP contribution in [0.15, 0.2) is 51.7 Å². The van der Waals surface area contributed by atoms with Crippen molar-refractivity contribution in [2.45, 2.75) is 13.3 Å². The number of benzene rings is 2. The van der Waals surface area contributed by atoms with E-state index in [1.165, 1.54) is 18.2 Å². The number of carbonyl (C=O) groups is 2. The van der Waals surface area contributed by atoms with Gasteiger partial charge in [0.05, 0.1) is 11.5 Å². The molecule has 0 bridgehead atoms. The van der Waals surface area contributed by atoms with Crippen LogP contribution in [0.25, 0.3) is 11.0 Å². The molecule has 0 saturated heterocycles. The molecule has 0 spiro atoms. The first-order chi connectivity index (χ1) is 14.8. The van der Waals surface area contributed by atoms with E-state index in [-0.39, 0.29) is 21.7 Å². The second kappa shape index (κ2) is 9.26. The standard InChI is InChI=1S/C20H16ClN3O7/c1-2-7-30-13-5-3-11-8-14(20(27)31-17(11)10-13)19(26)23-22-18(25)12-4-6-15(21)16(9-12)24(28)29/h3-6,8-10H,2,7H2,1H3,(H,22,25)(H,23,26). The molecular formula is C20H16ClN3O7. The van der Waals surface area contributed by atoms with Gasteiger partial charge in [-0.15, -0.1) is 0 Å². The van der Waals surface area contributed by atoms with Crippen molar-refractivity contribution in [1.29, 1.82) is 0 Å². The van der Waals surface area contributed by atoms with E-state index in [2.05, 4.69) is 10.9 Å². The molecular weight excluding hydrogens is 430 g/mol. The number of carbonyl (C=O) groups excluding carboxylic acids is 2. The highest BCUT2D eigenvalue weighted by molar-refractivity contribution is 6.32. The van der Waals surface area contributed by atoms with E-state index in [0.29, 0.717) is 17.7 Å². The van der Waals surface area contributed by atoms with Gasteiger partial charge in [-0.1, -0.05) is 18.5 Å². The summed E-state index contributed by atoms with van der Waals surface area (Å²) >= 11 is 5.71. The third kappa shape index (κ3) is 4.98. The van der Waals surface area contributed by atoms with Gasteiger partial charge in [0.2, 0.25) is 0 Å². The number of hydrazine groups is 1. The molecule has 11 heteroatoms. The van der Waals surface area contributed by atoms with E-state index in [1.54, 1.807) is 18.2 Å². The van der Waals surface area contributed by atoms with Gasteiger partial charge in [0.25, 0.3) is 17.5 Å². The Kier molecular flexibility index (Phi) is 6.51. The van der Waals surface area contributed by atoms with Gasteiger partial charge in [-0.05, 0) is 36.8 Å². The van der Waals surface area contributed by atoms with E-state index < -0.39 is 28.1 Å². The number of ether oxygens (including phenoxy) is 1. The Morgan fingerprint density at radius 1 is 1.13 bits per heavy atom. The number of nitrogens with zero attached hydrogens (tertiary/aromatic N) is 1. The minimum absolute atomic E-state index is 0.110. The molecule has 3 aromatic rings. The molecule has 0 fully saturated rings. The average molecular weight is 446 g/mol. The monoisotopic (exact) mass is 445 g/mol. The van der Waals surface area contributed by atoms with Crippen LogP contribution in [0.2, 0.25) is 5.02 Å². The Hall–Kier alpha value is -3.92. The molecule has 0 radical (unpaired) electrons. The summed E-state index contributed by atoms with van der Waals surface area (Å²) in [5.74, 6) is -1.23. The highest BCUT2D eigenvalue weighted by Crippen LogP contribution is 2.25. The molecule has 0 saturated carbocycles. The van der Waals surface area contributed by atoms with Gasteiger partial charge >= 0.3 is 5.63 Å². The third-order valence-electron chi connectivity index (χ3n) is 4.12. The zero-order valence-electron chi connectivity index (χ0n) is 16.1. The van der Waals surface area contributed by atoms with E-state index in [1.807, 2.05) is 6.92 Å². The van der Waals surface area contributed by atoms with Crippen LogP contribution in [0.4, 0.5) is 5.69 Å². The maximum atomic E-state index is 12.3. The van der Waals surface area contributed by atoms with E-state index in [9.17, 15) is 24.5 Å². The molecule has 0 aliphatic carbocycles. The lowest BCUT2D eigenvalue weighted by atomic mass is 10.1. The molecule has 2 N–H and O–H groups in total. The van der Waals surface area contributed by atoms with E-state index in [0.717, 1.165) is 12.5 Å². The zero-order chi connectivity index (χ0) is 22.5. The maximum absolute atomic E-state index is 12.3. The largest absolute Gasteiger partial charge is 0.493 e. The average Bonchev–Trinajstić information content (AvgIpc) is 2.75. The van der Waals surface area contributed by atoms with Crippen molar-refractivity contribution in [2.24, 2.45) is 0 Å². The van der Waals surface area contributed by atoms with Crippen LogP contribution in [0.5, 0.6) is 5.75 Å². The SMILES string of the molecule is CCCOc1ccc2cc(C(=O)NNC(=O)c3ccc(Cl)c([N+](=O)[O-])c3)c(=O)oc2c1. The van der Waals surface area contributed by atoms with Crippen LogP contribution in [0.1, 0.15) is 34.1 Å². The van der Waals surface area contributed by atoms with E-state index in [4.69, 9.17) is 20.8 Å². The Bertz CT molecular complexity index is 1240. The lowest BCUT2D eigenvalue weighted by Gasteiger charge is -2.08. The number of nitro groups is 1. The van der Waals surface area contributed by atoms with Crippen LogP contribution in [-0.2, 0) is 0 Å². The Morgan fingerprint density at radius 2 is 1.87 bits per heavy atom. The van der Waals surface area contributed by atoms with Crippen molar-refractivity contribution in [3.05, 3.63) is 79.1 Å². The van der Waals surface area contributed by atoms with Gasteiger partial charge < -0.3 is 9.15 Å². The second-order valence-corrected chi connectivity index (χ2v) is 6.73. The first kappa shape index (κ1) is 21.8. The normalized spacial score (nSPS) is 10.5. The lowest BCUT2D eigenvalue weighted by molar-refractivity contribution is -0.384. The Balaban J connectivity index is 1.75. The Morgan fingerprint density at radius 3 is 2.58 bits per heavy atom. The predicted octanol–water partition coefficient (Wildman–Crippen LogP) is 3.22. The van der Waals surface area contributed by atoms with Crippen LogP contribution in [0.3, 0.4) is 0 Å². The number of amides is 2. The number of halogens is 1. The number of fused-ring (bicyclic) bond motifs is 1. The van der Waals surface area contributed by atoms with Crippen molar-refractivity contribution in [2.75, 3.05) is 6.61 Å². The minimum atomic E-state index is -0.918. The van der Waals surface area contributed by atoms with Crippen molar-refractivity contribution < 1.29 is 23.7 Å². The number of nitro benzene ring substituents is 1. The van der Waals surface area contributed by atoms with E-state index >= 15 is 0 Å². The van der Waals surface area contributed by atoms with Crippen molar-refractivity contribution in [1.82, 2.24) is 10.9 Å². The summed E-state index contributed by atoms with van der Waals surface area (Å²) in [4.78, 5) is 46.9. The van der Waals surface area contributed by atoms with Crippen molar-refractivity contribution in [3.63, 3.8) is 0 Å². The van der Waals surface area contributed by atoms with Crippen molar-refractivity contribution >= 4 is 40.1 Å². The van der Waals surface area contributed by atoms with Crippen LogP contribution < -0.4 is 21.2 Å². The summed E-state index contributed by atoms with van der Waals surface area (Å²) < 4.78 is 10.7. The van der Waals surface area contributed by atoms with Crippen LogP contribution in [-0.4, -0.2) is 23.3 Å². The van der Waals surface area contributed by atoms with Gasteiger partial charge in [-0.2, -0.15) is 0 Å². The first-order valence-corrected chi connectivity index (χ1v) is 9.43. The fourth-order valence-corrected chi connectivity index (χ4v) is 2.79. The van der Waals surface area contributed by atoms with Gasteiger partial charge in [0, 0.05) is 23.1 Å². The van der Waals surface area contributed by atoms with Gasteiger partial charge in [-0.3, -0.25) is 30.6 Å². The number of hydrogen-bond donors (Lipinski definition) is 2. The molecule has 31 heavy (non-hydrogen) atoms. The molecule has 0 aliphatic rings.